The minimum Gasteiger partial charge on any atom is -0.444 e. The van der Waals surface area contributed by atoms with Crippen LogP contribution in [0.3, 0.4) is 0 Å². The number of ether oxygens (including phenoxy) is 2. The molecule has 1 saturated heterocycles. The van der Waals surface area contributed by atoms with Gasteiger partial charge in [-0.2, -0.15) is 0 Å². The summed E-state index contributed by atoms with van der Waals surface area (Å²) in [5.41, 5.74) is 1.66. The number of likely N-dealkylation sites (tertiary alicyclic amines) is 1. The number of imide groups is 1. The summed E-state index contributed by atoms with van der Waals surface area (Å²) in [6, 6.07) is 18.4. The van der Waals surface area contributed by atoms with E-state index in [4.69, 9.17) is 15.3 Å². The first kappa shape index (κ1) is 20.3. The van der Waals surface area contributed by atoms with Crippen LogP contribution in [0.2, 0.25) is 0 Å². The van der Waals surface area contributed by atoms with Crippen molar-refractivity contribution in [3.05, 3.63) is 71.8 Å². The van der Waals surface area contributed by atoms with E-state index < -0.39 is 24.0 Å². The van der Waals surface area contributed by atoms with Gasteiger partial charge in [0.05, 0.1) is 12.5 Å². The molecule has 0 aliphatic carbocycles. The third-order valence-corrected chi connectivity index (χ3v) is 4.60. The zero-order chi connectivity index (χ0) is 20.6. The van der Waals surface area contributed by atoms with Crippen molar-refractivity contribution in [3.8, 4) is 0 Å². The monoisotopic (exact) mass is 397 g/mol. The van der Waals surface area contributed by atoms with Crippen LogP contribution >= 0.6 is 0 Å². The third-order valence-electron chi connectivity index (χ3n) is 4.60. The highest BCUT2D eigenvalue weighted by molar-refractivity contribution is 5.95. The number of carbonyl (C=O) groups excluding carboxylic acids is 3. The second kappa shape index (κ2) is 9.70. The predicted molar refractivity (Wildman–Crippen MR) is 104 cm³/mol. The average Bonchev–Trinajstić information content (AvgIpc) is 3.12. The molecule has 2 N–H and O–H groups in total. The van der Waals surface area contributed by atoms with Crippen LogP contribution in [0.5, 0.6) is 0 Å². The van der Waals surface area contributed by atoms with E-state index in [0.717, 1.165) is 21.0 Å². The summed E-state index contributed by atoms with van der Waals surface area (Å²) < 4.78 is 10.3. The Morgan fingerprint density at radius 3 is 2.10 bits per heavy atom. The van der Waals surface area contributed by atoms with E-state index in [1.807, 2.05) is 60.7 Å². The van der Waals surface area contributed by atoms with Crippen molar-refractivity contribution in [3.63, 3.8) is 0 Å². The van der Waals surface area contributed by atoms with E-state index in [-0.39, 0.29) is 26.3 Å². The number of rotatable bonds is 6. The molecule has 1 fully saturated rings. The van der Waals surface area contributed by atoms with E-state index in [1.54, 1.807) is 0 Å². The van der Waals surface area contributed by atoms with E-state index >= 15 is 0 Å². The van der Waals surface area contributed by atoms with Crippen molar-refractivity contribution < 1.29 is 23.9 Å². The number of hydrogen-bond donors (Lipinski definition) is 1. The normalized spacial score (nSPS) is 15.8. The summed E-state index contributed by atoms with van der Waals surface area (Å²) in [5.74, 6) is 4.77. The highest BCUT2D eigenvalue weighted by atomic mass is 16.6. The number of nitrogens with two attached hydrogens (primary N) is 1. The molecule has 1 aliphatic heterocycles. The Hall–Kier alpha value is -3.39. The maximum absolute atomic E-state index is 12.5. The molecule has 1 heterocycles. The summed E-state index contributed by atoms with van der Waals surface area (Å²) in [7, 11) is 0. The Morgan fingerprint density at radius 2 is 1.52 bits per heavy atom. The van der Waals surface area contributed by atoms with Gasteiger partial charge in [0, 0.05) is 6.54 Å². The minimum atomic E-state index is -0.730. The van der Waals surface area contributed by atoms with Crippen LogP contribution in [0.25, 0.3) is 0 Å². The van der Waals surface area contributed by atoms with Crippen LogP contribution < -0.4 is 5.84 Å². The van der Waals surface area contributed by atoms with Gasteiger partial charge in [-0.3, -0.25) is 4.79 Å². The Bertz CT molecular complexity index is 844. The maximum atomic E-state index is 12.5. The Balaban J connectivity index is 1.45. The first-order valence-corrected chi connectivity index (χ1v) is 9.29. The molecule has 1 aliphatic rings. The fourth-order valence-corrected chi connectivity index (χ4v) is 3.00. The van der Waals surface area contributed by atoms with Crippen molar-refractivity contribution in [1.29, 1.82) is 0 Å². The first-order chi connectivity index (χ1) is 14.0. The van der Waals surface area contributed by atoms with Crippen LogP contribution in [0.15, 0.2) is 60.7 Å². The number of hydrazine groups is 1. The van der Waals surface area contributed by atoms with E-state index in [0.29, 0.717) is 6.42 Å². The van der Waals surface area contributed by atoms with E-state index in [2.05, 4.69) is 0 Å². The van der Waals surface area contributed by atoms with Crippen molar-refractivity contribution in [2.24, 2.45) is 11.8 Å². The second-order valence-electron chi connectivity index (χ2n) is 6.71. The molecule has 0 bridgehead atoms. The Morgan fingerprint density at radius 1 is 0.966 bits per heavy atom. The number of carbonyl (C=O) groups is 3. The van der Waals surface area contributed by atoms with Gasteiger partial charge in [0.15, 0.2) is 0 Å². The zero-order valence-corrected chi connectivity index (χ0v) is 15.9. The summed E-state index contributed by atoms with van der Waals surface area (Å²) in [4.78, 5) is 37.8. The smallest absolute Gasteiger partial charge is 0.424 e. The molecule has 29 heavy (non-hydrogen) atoms. The van der Waals surface area contributed by atoms with E-state index in [1.165, 1.54) is 0 Å². The Labute approximate surface area is 168 Å². The number of amides is 3. The maximum Gasteiger partial charge on any atom is 0.424 e. The molecule has 2 aromatic carbocycles. The zero-order valence-electron chi connectivity index (χ0n) is 15.9. The number of hydrogen-bond acceptors (Lipinski definition) is 6. The van der Waals surface area contributed by atoms with Gasteiger partial charge >= 0.3 is 12.2 Å². The fraction of sp³-hybridized carbons (Fsp3) is 0.286. The van der Waals surface area contributed by atoms with Crippen LogP contribution in [0, 0.1) is 5.92 Å². The quantitative estimate of drug-likeness (QED) is 0.457. The summed E-state index contributed by atoms with van der Waals surface area (Å²) in [5, 5.41) is 0.865. The Kier molecular flexibility index (Phi) is 6.80. The summed E-state index contributed by atoms with van der Waals surface area (Å²) in [6.07, 6.45) is -1.03. The molecule has 1 atom stereocenters. The molecule has 152 valence electrons. The molecular weight excluding hydrogens is 374 g/mol. The molecule has 3 amide bonds. The lowest BCUT2D eigenvalue weighted by atomic mass is 10.1. The first-order valence-electron chi connectivity index (χ1n) is 9.29. The van der Waals surface area contributed by atoms with Crippen molar-refractivity contribution >= 4 is 18.1 Å². The van der Waals surface area contributed by atoms with Gasteiger partial charge in [-0.05, 0) is 17.5 Å². The topological polar surface area (TPSA) is 102 Å². The third kappa shape index (κ3) is 5.55. The number of nitrogens with zero attached hydrogens (tertiary/aromatic N) is 2. The SMILES string of the molecule is NN(C[C@@H]1CCN(C(=O)OCc2ccccc2)C1=O)C(=O)OCc1ccccc1. The average molecular weight is 397 g/mol. The molecule has 0 aromatic heterocycles. The summed E-state index contributed by atoms with van der Waals surface area (Å²) >= 11 is 0. The number of benzene rings is 2. The van der Waals surface area contributed by atoms with Crippen molar-refractivity contribution in [2.45, 2.75) is 19.6 Å². The van der Waals surface area contributed by atoms with Crippen LogP contribution in [0.4, 0.5) is 9.59 Å². The molecule has 0 saturated carbocycles. The van der Waals surface area contributed by atoms with Gasteiger partial charge in [0.2, 0.25) is 5.91 Å². The lowest BCUT2D eigenvalue weighted by Gasteiger charge is -2.20. The highest BCUT2D eigenvalue weighted by Gasteiger charge is 2.38. The van der Waals surface area contributed by atoms with Gasteiger partial charge in [-0.25, -0.2) is 25.3 Å². The molecule has 2 aromatic rings. The highest BCUT2D eigenvalue weighted by Crippen LogP contribution is 2.20. The molecule has 3 rings (SSSR count). The van der Waals surface area contributed by atoms with Crippen molar-refractivity contribution in [2.75, 3.05) is 13.1 Å². The fourth-order valence-electron chi connectivity index (χ4n) is 3.00. The largest absolute Gasteiger partial charge is 0.444 e. The van der Waals surface area contributed by atoms with Crippen LogP contribution in [-0.4, -0.2) is 41.1 Å². The van der Waals surface area contributed by atoms with Gasteiger partial charge < -0.3 is 9.47 Å². The molecular formula is C21H23N3O5. The molecule has 0 radical (unpaired) electrons. The molecule has 0 unspecified atom stereocenters. The van der Waals surface area contributed by atoms with Gasteiger partial charge in [-0.1, -0.05) is 60.7 Å². The van der Waals surface area contributed by atoms with E-state index in [9.17, 15) is 14.4 Å². The standard InChI is InChI=1S/C21H23N3O5/c22-24(21(27)29-15-17-9-5-2-6-10-17)13-18-11-12-23(19(18)25)20(26)28-14-16-7-3-1-4-8-16/h1-10,18H,11-15,22H2/t18-/m0/s1. The molecule has 8 heteroatoms. The lowest BCUT2D eigenvalue weighted by molar-refractivity contribution is -0.130. The van der Waals surface area contributed by atoms with Gasteiger partial charge in [0.1, 0.15) is 13.2 Å². The van der Waals surface area contributed by atoms with Crippen LogP contribution in [-0.2, 0) is 27.5 Å². The second-order valence-corrected chi connectivity index (χ2v) is 6.71. The molecule has 8 nitrogen and oxygen atoms in total. The van der Waals surface area contributed by atoms with Gasteiger partial charge in [-0.15, -0.1) is 0 Å². The molecule has 0 spiro atoms. The predicted octanol–water partition coefficient (Wildman–Crippen LogP) is 2.68. The lowest BCUT2D eigenvalue weighted by Crippen LogP contribution is -2.43. The van der Waals surface area contributed by atoms with Gasteiger partial charge in [0.25, 0.3) is 0 Å². The van der Waals surface area contributed by atoms with Crippen LogP contribution in [0.1, 0.15) is 17.5 Å². The summed E-state index contributed by atoms with van der Waals surface area (Å²) in [6.45, 7) is 0.367. The minimum absolute atomic E-state index is 0.0328. The van der Waals surface area contributed by atoms with Crippen molar-refractivity contribution in [1.82, 2.24) is 9.91 Å².